The Morgan fingerprint density at radius 2 is 1.91 bits per heavy atom. The molecule has 0 bridgehead atoms. The minimum absolute atomic E-state index is 0.0877. The first kappa shape index (κ1) is 15.1. The van der Waals surface area contributed by atoms with Gasteiger partial charge in [-0.3, -0.25) is 4.90 Å². The van der Waals surface area contributed by atoms with Crippen LogP contribution in [0.15, 0.2) is 24.3 Å². The number of morpholine rings is 1. The molecule has 2 fully saturated rings. The fourth-order valence-corrected chi connectivity index (χ4v) is 4.08. The summed E-state index contributed by atoms with van der Waals surface area (Å²) in [7, 11) is 0. The Balaban J connectivity index is 1.77. The standard InChI is InChI=1S/C16H20ClN5O/c17-13-4-3-5-14(12-13)22-15(18-19-20-22)16(6-1-2-7-16)21-8-10-23-11-9-21/h3-5,12H,1-2,6-11H2. The van der Waals surface area contributed by atoms with Gasteiger partial charge in [-0.2, -0.15) is 4.68 Å². The maximum Gasteiger partial charge on any atom is 0.176 e. The number of tetrazole rings is 1. The van der Waals surface area contributed by atoms with E-state index < -0.39 is 0 Å². The molecule has 1 aromatic heterocycles. The lowest BCUT2D eigenvalue weighted by atomic mass is 9.93. The second-order valence-corrected chi connectivity index (χ2v) is 6.67. The maximum absolute atomic E-state index is 6.15. The van der Waals surface area contributed by atoms with Crippen LogP contribution in [0.2, 0.25) is 5.02 Å². The highest BCUT2D eigenvalue weighted by atomic mass is 35.5. The molecule has 4 rings (SSSR count). The lowest BCUT2D eigenvalue weighted by Crippen LogP contribution is -2.51. The van der Waals surface area contributed by atoms with Crippen molar-refractivity contribution in [2.24, 2.45) is 0 Å². The number of ether oxygens (including phenoxy) is 1. The van der Waals surface area contributed by atoms with Crippen molar-refractivity contribution in [1.29, 1.82) is 0 Å². The quantitative estimate of drug-likeness (QED) is 0.863. The predicted octanol–water partition coefficient (Wildman–Crippen LogP) is 2.42. The van der Waals surface area contributed by atoms with E-state index in [0.717, 1.165) is 50.7 Å². The smallest absolute Gasteiger partial charge is 0.176 e. The summed E-state index contributed by atoms with van der Waals surface area (Å²) in [6.07, 6.45) is 4.60. The lowest BCUT2D eigenvalue weighted by molar-refractivity contribution is -0.0273. The molecule has 0 amide bonds. The third-order valence-corrected chi connectivity index (χ3v) is 5.22. The zero-order valence-electron chi connectivity index (χ0n) is 13.0. The minimum atomic E-state index is -0.0877. The molecule has 1 saturated carbocycles. The Morgan fingerprint density at radius 3 is 2.65 bits per heavy atom. The summed E-state index contributed by atoms with van der Waals surface area (Å²) in [5.41, 5.74) is 0.826. The largest absolute Gasteiger partial charge is 0.379 e. The van der Waals surface area contributed by atoms with E-state index in [2.05, 4.69) is 20.4 Å². The average molecular weight is 334 g/mol. The molecule has 7 heteroatoms. The number of nitrogens with zero attached hydrogens (tertiary/aromatic N) is 5. The average Bonchev–Trinajstić information content (AvgIpc) is 3.26. The van der Waals surface area contributed by atoms with Gasteiger partial charge in [0, 0.05) is 18.1 Å². The molecule has 1 aliphatic heterocycles. The summed E-state index contributed by atoms with van der Waals surface area (Å²) in [4.78, 5) is 2.51. The van der Waals surface area contributed by atoms with Crippen LogP contribution in [-0.2, 0) is 10.3 Å². The van der Waals surface area contributed by atoms with E-state index >= 15 is 0 Å². The van der Waals surface area contributed by atoms with Crippen molar-refractivity contribution in [2.45, 2.75) is 31.2 Å². The van der Waals surface area contributed by atoms with E-state index in [4.69, 9.17) is 16.3 Å². The predicted molar refractivity (Wildman–Crippen MR) is 86.7 cm³/mol. The molecule has 2 aromatic rings. The molecule has 23 heavy (non-hydrogen) atoms. The van der Waals surface area contributed by atoms with Gasteiger partial charge in [-0.15, -0.1) is 5.10 Å². The summed E-state index contributed by atoms with van der Waals surface area (Å²) in [5.74, 6) is 0.930. The van der Waals surface area contributed by atoms with Crippen LogP contribution in [-0.4, -0.2) is 51.4 Å². The first-order chi connectivity index (χ1) is 11.3. The zero-order valence-corrected chi connectivity index (χ0v) is 13.7. The summed E-state index contributed by atoms with van der Waals surface area (Å²) in [6, 6.07) is 7.69. The zero-order chi connectivity index (χ0) is 15.7. The Bertz CT molecular complexity index is 677. The lowest BCUT2D eigenvalue weighted by Gasteiger charge is -2.42. The Morgan fingerprint density at radius 1 is 1.13 bits per heavy atom. The first-order valence-corrected chi connectivity index (χ1v) is 8.55. The van der Waals surface area contributed by atoms with Gasteiger partial charge in [-0.1, -0.05) is 30.5 Å². The summed E-state index contributed by atoms with van der Waals surface area (Å²) >= 11 is 6.15. The molecule has 0 unspecified atom stereocenters. The highest BCUT2D eigenvalue weighted by molar-refractivity contribution is 6.30. The van der Waals surface area contributed by atoms with Gasteiger partial charge in [0.05, 0.1) is 24.4 Å². The number of rotatable bonds is 3. The molecule has 0 spiro atoms. The molecule has 2 heterocycles. The van der Waals surface area contributed by atoms with Crippen molar-refractivity contribution < 1.29 is 4.74 Å². The minimum Gasteiger partial charge on any atom is -0.379 e. The summed E-state index contributed by atoms with van der Waals surface area (Å²) in [6.45, 7) is 3.42. The van der Waals surface area contributed by atoms with Crippen LogP contribution < -0.4 is 0 Å². The number of hydrogen-bond acceptors (Lipinski definition) is 5. The van der Waals surface area contributed by atoms with Crippen LogP contribution in [0.5, 0.6) is 0 Å². The van der Waals surface area contributed by atoms with Gasteiger partial charge in [0.15, 0.2) is 5.82 Å². The molecule has 0 radical (unpaired) electrons. The molecule has 0 atom stereocenters. The molecule has 1 saturated heterocycles. The third-order valence-electron chi connectivity index (χ3n) is 4.99. The number of halogens is 1. The van der Waals surface area contributed by atoms with E-state index in [9.17, 15) is 0 Å². The Kier molecular flexibility index (Phi) is 4.05. The summed E-state index contributed by atoms with van der Waals surface area (Å²) in [5, 5.41) is 13.3. The van der Waals surface area contributed by atoms with Crippen molar-refractivity contribution in [2.75, 3.05) is 26.3 Å². The highest BCUT2D eigenvalue weighted by Crippen LogP contribution is 2.43. The second kappa shape index (κ2) is 6.19. The van der Waals surface area contributed by atoms with Gasteiger partial charge in [0.2, 0.25) is 0 Å². The molecular weight excluding hydrogens is 314 g/mol. The molecule has 2 aliphatic rings. The van der Waals surface area contributed by atoms with Gasteiger partial charge in [-0.05, 0) is 41.5 Å². The molecule has 1 aliphatic carbocycles. The van der Waals surface area contributed by atoms with E-state index in [1.165, 1.54) is 12.8 Å². The van der Waals surface area contributed by atoms with Crippen LogP contribution in [0.4, 0.5) is 0 Å². The normalized spacial score (nSPS) is 21.6. The number of benzene rings is 1. The van der Waals surface area contributed by atoms with E-state index in [1.54, 1.807) is 0 Å². The van der Waals surface area contributed by atoms with E-state index in [0.29, 0.717) is 5.02 Å². The van der Waals surface area contributed by atoms with Crippen LogP contribution in [0.1, 0.15) is 31.5 Å². The molecule has 1 aromatic carbocycles. The molecule has 122 valence electrons. The van der Waals surface area contributed by atoms with Gasteiger partial charge in [0.25, 0.3) is 0 Å². The van der Waals surface area contributed by atoms with Gasteiger partial charge >= 0.3 is 0 Å². The van der Waals surface area contributed by atoms with Crippen molar-refractivity contribution in [1.82, 2.24) is 25.1 Å². The van der Waals surface area contributed by atoms with E-state index in [1.807, 2.05) is 28.9 Å². The van der Waals surface area contributed by atoms with Gasteiger partial charge in [-0.25, -0.2) is 0 Å². The van der Waals surface area contributed by atoms with Crippen LogP contribution >= 0.6 is 11.6 Å². The SMILES string of the molecule is Clc1cccc(-n2nnnc2C2(N3CCOCC3)CCCC2)c1. The number of aromatic nitrogens is 4. The summed E-state index contributed by atoms with van der Waals surface area (Å²) < 4.78 is 7.39. The van der Waals surface area contributed by atoms with Gasteiger partial charge < -0.3 is 4.74 Å². The van der Waals surface area contributed by atoms with Crippen LogP contribution in [0, 0.1) is 0 Å². The fourth-order valence-electron chi connectivity index (χ4n) is 3.89. The number of hydrogen-bond donors (Lipinski definition) is 0. The third kappa shape index (κ3) is 2.65. The highest BCUT2D eigenvalue weighted by Gasteiger charge is 2.45. The topological polar surface area (TPSA) is 56.1 Å². The van der Waals surface area contributed by atoms with Crippen LogP contribution in [0.3, 0.4) is 0 Å². The monoisotopic (exact) mass is 333 g/mol. The molecule has 6 nitrogen and oxygen atoms in total. The first-order valence-electron chi connectivity index (χ1n) is 8.17. The van der Waals surface area contributed by atoms with E-state index in [-0.39, 0.29) is 5.54 Å². The molecular formula is C16H20ClN5O. The van der Waals surface area contributed by atoms with Crippen molar-refractivity contribution in [3.63, 3.8) is 0 Å². The van der Waals surface area contributed by atoms with Crippen molar-refractivity contribution in [3.05, 3.63) is 35.1 Å². The Hall–Kier alpha value is -1.50. The van der Waals surface area contributed by atoms with Crippen LogP contribution in [0.25, 0.3) is 5.69 Å². The molecule has 0 N–H and O–H groups in total. The fraction of sp³-hybridized carbons (Fsp3) is 0.562. The Labute approximate surface area is 140 Å². The van der Waals surface area contributed by atoms with Crippen molar-refractivity contribution >= 4 is 11.6 Å². The maximum atomic E-state index is 6.15. The second-order valence-electron chi connectivity index (χ2n) is 6.23. The van der Waals surface area contributed by atoms with Crippen molar-refractivity contribution in [3.8, 4) is 5.69 Å². The van der Waals surface area contributed by atoms with Gasteiger partial charge in [0.1, 0.15) is 0 Å².